The summed E-state index contributed by atoms with van der Waals surface area (Å²) in [6.45, 7) is 5.79. The normalized spacial score (nSPS) is 11.6. The second kappa shape index (κ2) is 7.04. The quantitative estimate of drug-likeness (QED) is 0.318. The van der Waals surface area contributed by atoms with Crippen LogP contribution < -0.4 is 0 Å². The Bertz CT molecular complexity index is 253. The first-order valence-corrected chi connectivity index (χ1v) is 5.03. The molecule has 0 aliphatic carbocycles. The summed E-state index contributed by atoms with van der Waals surface area (Å²) in [6, 6.07) is 0. The van der Waals surface area contributed by atoms with Gasteiger partial charge in [-0.1, -0.05) is 13.8 Å². The lowest BCUT2D eigenvalue weighted by atomic mass is 10.1. The molecule has 0 atom stereocenters. The van der Waals surface area contributed by atoms with Crippen molar-refractivity contribution in [2.24, 2.45) is 5.92 Å². The van der Waals surface area contributed by atoms with E-state index in [4.69, 9.17) is 0 Å². The summed E-state index contributed by atoms with van der Waals surface area (Å²) in [6.07, 6.45) is 1.22. The van der Waals surface area contributed by atoms with Crippen LogP contribution in [0, 0.1) is 5.92 Å². The van der Waals surface area contributed by atoms with Crippen LogP contribution in [0.15, 0.2) is 11.8 Å². The maximum Gasteiger partial charge on any atom is 0.313 e. The predicted octanol–water partition coefficient (Wildman–Crippen LogP) is 2.00. The standard InChI is InChI=1S/C11H18O4/c1-4-15-11(14)7-10(13)6-9(12)5-8(2)3/h6,8,12H,4-5,7H2,1-3H3/b9-6-. The molecular formula is C11H18O4. The van der Waals surface area contributed by atoms with E-state index in [1.807, 2.05) is 13.8 Å². The molecule has 4 nitrogen and oxygen atoms in total. The molecule has 0 bridgehead atoms. The summed E-state index contributed by atoms with van der Waals surface area (Å²) < 4.78 is 4.60. The molecule has 0 heterocycles. The summed E-state index contributed by atoms with van der Waals surface area (Å²) in [5, 5.41) is 9.32. The van der Waals surface area contributed by atoms with Gasteiger partial charge >= 0.3 is 5.97 Å². The minimum absolute atomic E-state index is 0.0132. The van der Waals surface area contributed by atoms with Gasteiger partial charge in [-0.15, -0.1) is 0 Å². The largest absolute Gasteiger partial charge is 0.512 e. The zero-order valence-corrected chi connectivity index (χ0v) is 9.45. The molecule has 0 aliphatic rings. The van der Waals surface area contributed by atoms with Crippen LogP contribution in [0.25, 0.3) is 0 Å². The van der Waals surface area contributed by atoms with E-state index < -0.39 is 11.8 Å². The zero-order valence-electron chi connectivity index (χ0n) is 9.45. The summed E-state index contributed by atoms with van der Waals surface area (Å²) in [5.41, 5.74) is 0. The summed E-state index contributed by atoms with van der Waals surface area (Å²) in [5.74, 6) is -0.696. The number of hydrogen-bond acceptors (Lipinski definition) is 4. The minimum atomic E-state index is -0.559. The second-order valence-corrected chi connectivity index (χ2v) is 3.68. The Morgan fingerprint density at radius 3 is 2.47 bits per heavy atom. The molecule has 0 aliphatic heterocycles. The first kappa shape index (κ1) is 13.7. The van der Waals surface area contributed by atoms with E-state index in [-0.39, 0.29) is 24.7 Å². The highest BCUT2D eigenvalue weighted by atomic mass is 16.5. The van der Waals surface area contributed by atoms with Crippen LogP contribution in [0.1, 0.15) is 33.6 Å². The van der Waals surface area contributed by atoms with Gasteiger partial charge in [-0.3, -0.25) is 9.59 Å². The number of carbonyl (C=O) groups is 2. The van der Waals surface area contributed by atoms with Crippen LogP contribution in [0.3, 0.4) is 0 Å². The molecule has 0 unspecified atom stereocenters. The van der Waals surface area contributed by atoms with Crippen LogP contribution in [0.4, 0.5) is 0 Å². The Hall–Kier alpha value is -1.32. The lowest BCUT2D eigenvalue weighted by molar-refractivity contribution is -0.144. The first-order valence-electron chi connectivity index (χ1n) is 5.03. The number of rotatable bonds is 6. The molecule has 86 valence electrons. The molecule has 1 N–H and O–H groups in total. The molecule has 0 saturated carbocycles. The number of allylic oxidation sites excluding steroid dienone is 2. The number of hydrogen-bond donors (Lipinski definition) is 1. The summed E-state index contributed by atoms with van der Waals surface area (Å²) >= 11 is 0. The smallest absolute Gasteiger partial charge is 0.313 e. The average molecular weight is 214 g/mol. The molecule has 0 aromatic carbocycles. The van der Waals surface area contributed by atoms with Gasteiger partial charge < -0.3 is 9.84 Å². The third kappa shape index (κ3) is 7.73. The number of ether oxygens (including phenoxy) is 1. The zero-order chi connectivity index (χ0) is 11.8. The molecule has 0 aromatic heterocycles. The highest BCUT2D eigenvalue weighted by Crippen LogP contribution is 2.07. The van der Waals surface area contributed by atoms with E-state index in [1.165, 1.54) is 0 Å². The molecule has 0 rings (SSSR count). The highest BCUT2D eigenvalue weighted by molar-refractivity contribution is 6.02. The van der Waals surface area contributed by atoms with E-state index in [1.54, 1.807) is 6.92 Å². The maximum atomic E-state index is 11.2. The summed E-state index contributed by atoms with van der Waals surface area (Å²) in [4.78, 5) is 22.1. The van der Waals surface area contributed by atoms with Gasteiger partial charge in [0.25, 0.3) is 0 Å². The fourth-order valence-corrected chi connectivity index (χ4v) is 1.07. The van der Waals surface area contributed by atoms with Crippen LogP contribution in [0.5, 0.6) is 0 Å². The molecule has 0 fully saturated rings. The van der Waals surface area contributed by atoms with Crippen LogP contribution in [-0.4, -0.2) is 23.5 Å². The van der Waals surface area contributed by atoms with E-state index in [0.717, 1.165) is 6.08 Å². The average Bonchev–Trinajstić information content (AvgIpc) is 2.00. The van der Waals surface area contributed by atoms with Gasteiger partial charge in [0.05, 0.1) is 12.4 Å². The van der Waals surface area contributed by atoms with Crippen molar-refractivity contribution in [1.82, 2.24) is 0 Å². The SMILES string of the molecule is CCOC(=O)CC(=O)/C=C(\O)CC(C)C. The van der Waals surface area contributed by atoms with Crippen molar-refractivity contribution in [3.63, 3.8) is 0 Å². The van der Waals surface area contributed by atoms with E-state index in [9.17, 15) is 14.7 Å². The predicted molar refractivity (Wildman–Crippen MR) is 56.4 cm³/mol. The van der Waals surface area contributed by atoms with Gasteiger partial charge in [-0.2, -0.15) is 0 Å². The topological polar surface area (TPSA) is 63.6 Å². The number of ketones is 1. The fraction of sp³-hybridized carbons (Fsp3) is 0.636. The Balaban J connectivity index is 4.06. The number of aliphatic hydroxyl groups excluding tert-OH is 1. The lowest BCUT2D eigenvalue weighted by Crippen LogP contribution is -2.10. The highest BCUT2D eigenvalue weighted by Gasteiger charge is 2.09. The van der Waals surface area contributed by atoms with Gasteiger partial charge in [0.2, 0.25) is 0 Å². The van der Waals surface area contributed by atoms with E-state index in [2.05, 4.69) is 4.74 Å². The van der Waals surface area contributed by atoms with Crippen molar-refractivity contribution in [2.45, 2.75) is 33.6 Å². The van der Waals surface area contributed by atoms with Gasteiger partial charge in [-0.25, -0.2) is 0 Å². The molecule has 0 aromatic rings. The number of carbonyl (C=O) groups excluding carboxylic acids is 2. The molecule has 15 heavy (non-hydrogen) atoms. The van der Waals surface area contributed by atoms with Gasteiger partial charge in [0.15, 0.2) is 5.78 Å². The Morgan fingerprint density at radius 1 is 1.40 bits per heavy atom. The van der Waals surface area contributed by atoms with Gasteiger partial charge in [0, 0.05) is 12.5 Å². The number of esters is 1. The maximum absolute atomic E-state index is 11.2. The van der Waals surface area contributed by atoms with Crippen molar-refractivity contribution in [1.29, 1.82) is 0 Å². The Morgan fingerprint density at radius 2 is 2.00 bits per heavy atom. The second-order valence-electron chi connectivity index (χ2n) is 3.68. The van der Waals surface area contributed by atoms with Crippen LogP contribution in [0.2, 0.25) is 0 Å². The van der Waals surface area contributed by atoms with E-state index >= 15 is 0 Å². The van der Waals surface area contributed by atoms with Crippen molar-refractivity contribution in [3.05, 3.63) is 11.8 Å². The first-order chi connectivity index (χ1) is 6.95. The Labute approximate surface area is 89.9 Å². The van der Waals surface area contributed by atoms with Crippen LogP contribution in [-0.2, 0) is 14.3 Å². The van der Waals surface area contributed by atoms with Crippen molar-refractivity contribution < 1.29 is 19.4 Å². The monoisotopic (exact) mass is 214 g/mol. The van der Waals surface area contributed by atoms with E-state index in [0.29, 0.717) is 6.42 Å². The molecule has 4 heteroatoms. The lowest BCUT2D eigenvalue weighted by Gasteiger charge is -2.03. The fourth-order valence-electron chi connectivity index (χ4n) is 1.07. The van der Waals surface area contributed by atoms with Crippen molar-refractivity contribution >= 4 is 11.8 Å². The molecule has 0 amide bonds. The third-order valence-electron chi connectivity index (χ3n) is 1.57. The molecule has 0 spiro atoms. The Kier molecular flexibility index (Phi) is 6.42. The molecule has 0 radical (unpaired) electrons. The van der Waals surface area contributed by atoms with Gasteiger partial charge in [-0.05, 0) is 12.8 Å². The van der Waals surface area contributed by atoms with Crippen molar-refractivity contribution in [3.8, 4) is 0 Å². The number of aliphatic hydroxyl groups is 1. The molecule has 0 saturated heterocycles. The third-order valence-corrected chi connectivity index (χ3v) is 1.57. The molecular weight excluding hydrogens is 196 g/mol. The summed E-state index contributed by atoms with van der Waals surface area (Å²) in [7, 11) is 0. The minimum Gasteiger partial charge on any atom is -0.512 e. The van der Waals surface area contributed by atoms with Gasteiger partial charge in [0.1, 0.15) is 6.42 Å². The van der Waals surface area contributed by atoms with Crippen LogP contribution >= 0.6 is 0 Å². The van der Waals surface area contributed by atoms with Crippen molar-refractivity contribution in [2.75, 3.05) is 6.61 Å².